The molecule has 0 spiro atoms. The van der Waals surface area contributed by atoms with Crippen molar-refractivity contribution in [3.05, 3.63) is 30.1 Å². The van der Waals surface area contributed by atoms with E-state index in [0.717, 1.165) is 0 Å². The monoisotopic (exact) mass is 262 g/mol. The number of pyridine rings is 1. The van der Waals surface area contributed by atoms with E-state index in [4.69, 9.17) is 10.9 Å². The van der Waals surface area contributed by atoms with E-state index in [-0.39, 0.29) is 17.2 Å². The number of hydrogen-bond donors (Lipinski definition) is 2. The van der Waals surface area contributed by atoms with Crippen LogP contribution in [-0.2, 0) is 0 Å². The first-order valence-corrected chi connectivity index (χ1v) is 6.25. The van der Waals surface area contributed by atoms with Crippen LogP contribution in [0.25, 0.3) is 0 Å². The number of amides is 1. The van der Waals surface area contributed by atoms with Crippen LogP contribution in [0.3, 0.4) is 0 Å². The highest BCUT2D eigenvalue weighted by atomic mass is 16.4. The van der Waals surface area contributed by atoms with Gasteiger partial charge in [0.15, 0.2) is 0 Å². The second-order valence-corrected chi connectivity index (χ2v) is 5.05. The number of aromatic nitrogens is 1. The van der Waals surface area contributed by atoms with Gasteiger partial charge in [-0.05, 0) is 25.0 Å². The van der Waals surface area contributed by atoms with E-state index in [1.807, 2.05) is 6.92 Å². The molecule has 0 unspecified atom stereocenters. The largest absolute Gasteiger partial charge is 0.409 e. The van der Waals surface area contributed by atoms with Crippen molar-refractivity contribution < 1.29 is 10.0 Å². The predicted molar refractivity (Wildman–Crippen MR) is 70.9 cm³/mol. The summed E-state index contributed by atoms with van der Waals surface area (Å²) in [7, 11) is 0. The number of piperidine rings is 1. The Morgan fingerprint density at radius 2 is 2.16 bits per heavy atom. The Balaban J connectivity index is 2.03. The van der Waals surface area contributed by atoms with Gasteiger partial charge < -0.3 is 15.8 Å². The van der Waals surface area contributed by atoms with E-state index in [1.165, 1.54) is 0 Å². The average molecular weight is 262 g/mol. The molecular weight excluding hydrogens is 244 g/mol. The fourth-order valence-electron chi connectivity index (χ4n) is 2.23. The van der Waals surface area contributed by atoms with Crippen LogP contribution >= 0.6 is 0 Å². The second-order valence-electron chi connectivity index (χ2n) is 5.05. The number of carbonyl (C=O) groups excluding carboxylic acids is 1. The summed E-state index contributed by atoms with van der Waals surface area (Å²) in [6.45, 7) is 3.12. The molecule has 6 heteroatoms. The highest BCUT2D eigenvalue weighted by molar-refractivity contribution is 5.92. The van der Waals surface area contributed by atoms with Gasteiger partial charge in [0.05, 0.1) is 0 Å². The number of amidine groups is 1. The lowest BCUT2D eigenvalue weighted by Crippen LogP contribution is -2.47. The molecule has 2 heterocycles. The maximum Gasteiger partial charge on any atom is 0.272 e. The summed E-state index contributed by atoms with van der Waals surface area (Å²) in [4.78, 5) is 18.0. The van der Waals surface area contributed by atoms with Crippen LogP contribution in [0.1, 0.15) is 30.3 Å². The third-order valence-corrected chi connectivity index (χ3v) is 3.76. The molecule has 6 nitrogen and oxygen atoms in total. The van der Waals surface area contributed by atoms with Crippen LogP contribution < -0.4 is 5.73 Å². The summed E-state index contributed by atoms with van der Waals surface area (Å²) >= 11 is 0. The summed E-state index contributed by atoms with van der Waals surface area (Å²) in [5, 5.41) is 11.9. The molecule has 102 valence electrons. The quantitative estimate of drug-likeness (QED) is 0.361. The van der Waals surface area contributed by atoms with Gasteiger partial charge in [-0.15, -0.1) is 0 Å². The Kier molecular flexibility index (Phi) is 3.69. The van der Waals surface area contributed by atoms with Crippen LogP contribution in [0.2, 0.25) is 0 Å². The molecule has 1 aliphatic rings. The van der Waals surface area contributed by atoms with Gasteiger partial charge in [-0.1, -0.05) is 18.1 Å². The van der Waals surface area contributed by atoms with Crippen molar-refractivity contribution in [2.45, 2.75) is 19.8 Å². The first-order valence-electron chi connectivity index (χ1n) is 6.25. The fourth-order valence-corrected chi connectivity index (χ4v) is 2.23. The third kappa shape index (κ3) is 2.67. The summed E-state index contributed by atoms with van der Waals surface area (Å²) in [5.41, 5.74) is 5.81. The van der Waals surface area contributed by atoms with E-state index in [1.54, 1.807) is 29.3 Å². The van der Waals surface area contributed by atoms with Crippen molar-refractivity contribution in [3.8, 4) is 0 Å². The van der Waals surface area contributed by atoms with E-state index in [0.29, 0.717) is 31.6 Å². The molecule has 3 N–H and O–H groups in total. The molecule has 0 aliphatic carbocycles. The van der Waals surface area contributed by atoms with Crippen molar-refractivity contribution in [1.29, 1.82) is 0 Å². The number of nitrogens with zero attached hydrogens (tertiary/aromatic N) is 3. The molecule has 0 aromatic carbocycles. The van der Waals surface area contributed by atoms with Crippen molar-refractivity contribution in [1.82, 2.24) is 9.88 Å². The lowest BCUT2D eigenvalue weighted by Gasteiger charge is -2.38. The maximum atomic E-state index is 12.2. The van der Waals surface area contributed by atoms with Crippen LogP contribution in [0.15, 0.2) is 29.6 Å². The Labute approximate surface area is 111 Å². The molecule has 2 rings (SSSR count). The Bertz CT molecular complexity index is 479. The van der Waals surface area contributed by atoms with Crippen molar-refractivity contribution in [2.24, 2.45) is 16.3 Å². The normalized spacial score (nSPS) is 19.2. The van der Waals surface area contributed by atoms with Gasteiger partial charge >= 0.3 is 0 Å². The Morgan fingerprint density at radius 3 is 2.68 bits per heavy atom. The second kappa shape index (κ2) is 5.26. The predicted octanol–water partition coefficient (Wildman–Crippen LogP) is 1.07. The summed E-state index contributed by atoms with van der Waals surface area (Å²) in [5.74, 6) is 0.166. The van der Waals surface area contributed by atoms with Crippen molar-refractivity contribution in [3.63, 3.8) is 0 Å². The van der Waals surface area contributed by atoms with Crippen molar-refractivity contribution >= 4 is 11.7 Å². The summed E-state index contributed by atoms with van der Waals surface area (Å²) in [6, 6.07) is 5.28. The van der Waals surface area contributed by atoms with Crippen molar-refractivity contribution in [2.75, 3.05) is 13.1 Å². The molecular formula is C13H18N4O2. The molecule has 19 heavy (non-hydrogen) atoms. The lowest BCUT2D eigenvalue weighted by atomic mass is 9.79. The summed E-state index contributed by atoms with van der Waals surface area (Å²) < 4.78 is 0. The van der Waals surface area contributed by atoms with Crippen LogP contribution in [0.5, 0.6) is 0 Å². The molecule has 0 radical (unpaired) electrons. The molecule has 1 saturated heterocycles. The Hall–Kier alpha value is -2.11. The molecule has 1 amide bonds. The van der Waals surface area contributed by atoms with E-state index < -0.39 is 0 Å². The van der Waals surface area contributed by atoms with Gasteiger partial charge in [0.1, 0.15) is 11.5 Å². The summed E-state index contributed by atoms with van der Waals surface area (Å²) in [6.07, 6.45) is 2.97. The highest BCUT2D eigenvalue weighted by Crippen LogP contribution is 2.31. The van der Waals surface area contributed by atoms with Crippen LogP contribution in [-0.4, -0.2) is 39.9 Å². The van der Waals surface area contributed by atoms with E-state index in [9.17, 15) is 4.79 Å². The van der Waals surface area contributed by atoms with Gasteiger partial charge in [0, 0.05) is 24.7 Å². The molecule has 1 aromatic rings. The number of oxime groups is 1. The van der Waals surface area contributed by atoms with Gasteiger partial charge in [-0.25, -0.2) is 0 Å². The van der Waals surface area contributed by atoms with E-state index >= 15 is 0 Å². The minimum absolute atomic E-state index is 0.0674. The van der Waals surface area contributed by atoms with Gasteiger partial charge in [0.2, 0.25) is 0 Å². The average Bonchev–Trinajstić information content (AvgIpc) is 2.47. The van der Waals surface area contributed by atoms with Crippen LogP contribution in [0.4, 0.5) is 0 Å². The number of hydrogen-bond acceptors (Lipinski definition) is 4. The standard InChI is InChI=1S/C13H18N4O2/c1-13(12(14)16-19)5-8-17(9-6-13)11(18)10-4-2-3-7-15-10/h2-4,7,19H,5-6,8-9H2,1H3,(H2,14,16). The first-order chi connectivity index (χ1) is 9.07. The van der Waals surface area contributed by atoms with E-state index in [2.05, 4.69) is 10.1 Å². The zero-order valence-electron chi connectivity index (χ0n) is 10.9. The zero-order valence-corrected chi connectivity index (χ0v) is 10.9. The number of likely N-dealkylation sites (tertiary alicyclic amines) is 1. The van der Waals surface area contributed by atoms with Gasteiger partial charge in [-0.2, -0.15) is 0 Å². The van der Waals surface area contributed by atoms with Gasteiger partial charge in [-0.3, -0.25) is 9.78 Å². The number of nitrogens with two attached hydrogens (primary N) is 1. The molecule has 1 fully saturated rings. The minimum atomic E-state index is -0.338. The molecule has 0 atom stereocenters. The number of rotatable bonds is 2. The lowest BCUT2D eigenvalue weighted by molar-refractivity contribution is 0.0660. The highest BCUT2D eigenvalue weighted by Gasteiger charge is 2.35. The fraction of sp³-hybridized carbons (Fsp3) is 0.462. The molecule has 1 aromatic heterocycles. The van der Waals surface area contributed by atoms with Crippen LogP contribution in [0, 0.1) is 5.41 Å². The maximum absolute atomic E-state index is 12.2. The topological polar surface area (TPSA) is 91.8 Å². The third-order valence-electron chi connectivity index (χ3n) is 3.76. The first kappa shape index (κ1) is 13.3. The SMILES string of the molecule is CC1(/C(N)=N/O)CCN(C(=O)c2ccccn2)CC1. The number of carbonyl (C=O) groups is 1. The molecule has 0 saturated carbocycles. The smallest absolute Gasteiger partial charge is 0.272 e. The zero-order chi connectivity index (χ0) is 13.9. The van der Waals surface area contributed by atoms with Gasteiger partial charge in [0.25, 0.3) is 5.91 Å². The Morgan fingerprint density at radius 1 is 1.47 bits per heavy atom. The minimum Gasteiger partial charge on any atom is -0.409 e. The molecule has 1 aliphatic heterocycles. The molecule has 0 bridgehead atoms.